The van der Waals surface area contributed by atoms with Gasteiger partial charge in [0.25, 0.3) is 0 Å². The van der Waals surface area contributed by atoms with Crippen molar-refractivity contribution in [3.05, 3.63) is 157 Å². The van der Waals surface area contributed by atoms with Crippen LogP contribution in [0, 0.1) is 14.9 Å². The van der Waals surface area contributed by atoms with Gasteiger partial charge in [0.1, 0.15) is 5.58 Å². The molecule has 0 unspecified atom stereocenters. The quantitative estimate of drug-likeness (QED) is 0.0392. The summed E-state index contributed by atoms with van der Waals surface area (Å²) >= 11 is 0. The second-order valence-electron chi connectivity index (χ2n) is 14.8. The molecule has 316 valence electrons. The molecule has 4 aromatic carbocycles. The molecule has 0 aliphatic rings. The van der Waals surface area contributed by atoms with Crippen molar-refractivity contribution in [1.29, 1.82) is 0 Å². The minimum atomic E-state index is -0.640. The normalized spacial score (nSPS) is 11.4. The zero-order valence-corrected chi connectivity index (χ0v) is 43.2. The minimum absolute atomic E-state index is 0. The fourth-order valence-electron chi connectivity index (χ4n) is 5.41. The third-order valence-corrected chi connectivity index (χ3v) is 12.0. The van der Waals surface area contributed by atoms with E-state index in [1.54, 1.807) is 0 Å². The first-order chi connectivity index (χ1) is 25.7. The summed E-state index contributed by atoms with van der Waals surface area (Å²) in [6.45, 7) is 27.4. The van der Waals surface area contributed by atoms with E-state index < -0.39 is 15.8 Å². The van der Waals surface area contributed by atoms with Gasteiger partial charge < -0.3 is 41.4 Å². The molecule has 0 heterocycles. The van der Waals surface area contributed by atoms with Crippen LogP contribution in [0.5, 0.6) is 0 Å². The van der Waals surface area contributed by atoms with Crippen molar-refractivity contribution in [3.63, 3.8) is 0 Å². The molecule has 0 fully saturated rings. The van der Waals surface area contributed by atoms with Crippen LogP contribution in [-0.2, 0) is 25.8 Å². The smallest absolute Gasteiger partial charge is 0.129 e. The minimum Gasteiger partial charge on any atom is -0.676 e. The monoisotopic (exact) mass is 976 g/mol. The van der Waals surface area contributed by atoms with Gasteiger partial charge in [0, 0.05) is 45.8 Å². The Morgan fingerprint density at radius 2 is 0.754 bits per heavy atom. The second kappa shape index (κ2) is 31.8. The van der Waals surface area contributed by atoms with Gasteiger partial charge in [0.15, 0.2) is 0 Å². The predicted octanol–water partition coefficient (Wildman–Crippen LogP) is 12.6. The van der Waals surface area contributed by atoms with Crippen LogP contribution in [0.1, 0.15) is 90.0 Å². The van der Waals surface area contributed by atoms with Crippen LogP contribution >= 0.6 is 15.8 Å². The van der Waals surface area contributed by atoms with Crippen LogP contribution in [0.25, 0.3) is 21.3 Å². The average molecular weight is 976 g/mol. The van der Waals surface area contributed by atoms with E-state index in [-0.39, 0.29) is 70.9 Å². The Kier molecular flexibility index (Phi) is 31.8. The Morgan fingerprint density at radius 1 is 0.456 bits per heavy atom. The van der Waals surface area contributed by atoms with Crippen LogP contribution in [-0.4, -0.2) is 53.9 Å². The largest absolute Gasteiger partial charge is 0.676 e. The van der Waals surface area contributed by atoms with Gasteiger partial charge in [-0.05, 0) is 48.9 Å². The molecular formula is C48H74HfN6P2-6. The van der Waals surface area contributed by atoms with Gasteiger partial charge in [-0.25, -0.2) is 12.1 Å². The SMILES string of the molecule is CC(C)N=C(NC(C)C)P(c1ccccc1)c1ccccc1.CC(C)[N-]C(C)[N-]C(C)C.CC(C)[N-]C([N-]C(C)C)P(c1ccccc1)c1ccccc1.[CH3-].[CH3-].[Hf]. The van der Waals surface area contributed by atoms with Crippen LogP contribution in [0.15, 0.2) is 126 Å². The molecule has 0 radical (unpaired) electrons. The number of hydrogen-bond donors (Lipinski definition) is 1. The summed E-state index contributed by atoms with van der Waals surface area (Å²) in [5.41, 5.74) is 1.11. The molecule has 0 amide bonds. The number of amidine groups is 1. The molecule has 0 aromatic heterocycles. The molecule has 0 bridgehead atoms. The van der Waals surface area contributed by atoms with Gasteiger partial charge in [-0.2, -0.15) is 0 Å². The first-order valence-electron chi connectivity index (χ1n) is 19.6. The molecule has 0 aliphatic heterocycles. The molecular weight excluding hydrogens is 901 g/mol. The topological polar surface area (TPSA) is 80.8 Å². The van der Waals surface area contributed by atoms with E-state index in [1.165, 1.54) is 21.2 Å². The van der Waals surface area contributed by atoms with Crippen molar-refractivity contribution >= 4 is 42.6 Å². The first kappa shape index (κ1) is 57.0. The van der Waals surface area contributed by atoms with Crippen molar-refractivity contribution in [2.24, 2.45) is 4.99 Å². The summed E-state index contributed by atoms with van der Waals surface area (Å²) in [5.74, 6) is 0.0137. The van der Waals surface area contributed by atoms with Crippen LogP contribution in [0.4, 0.5) is 0 Å². The van der Waals surface area contributed by atoms with E-state index in [4.69, 9.17) is 15.6 Å². The molecule has 4 aromatic rings. The van der Waals surface area contributed by atoms with Gasteiger partial charge >= 0.3 is 0 Å². The molecule has 0 aliphatic carbocycles. The maximum Gasteiger partial charge on any atom is 0.129 e. The van der Waals surface area contributed by atoms with Crippen LogP contribution < -0.4 is 26.5 Å². The van der Waals surface area contributed by atoms with E-state index in [1.807, 2.05) is 6.92 Å². The van der Waals surface area contributed by atoms with Crippen LogP contribution in [0.2, 0.25) is 0 Å². The van der Waals surface area contributed by atoms with Crippen molar-refractivity contribution < 1.29 is 25.8 Å². The Bertz CT molecular complexity index is 1440. The summed E-state index contributed by atoms with van der Waals surface area (Å²) in [7, 11) is -1.25. The molecule has 0 saturated carbocycles. The summed E-state index contributed by atoms with van der Waals surface area (Å²) in [4.78, 5) is 4.90. The molecule has 57 heavy (non-hydrogen) atoms. The zero-order valence-electron chi connectivity index (χ0n) is 37.8. The number of aliphatic imine (C=N–C) groups is 1. The van der Waals surface area contributed by atoms with Gasteiger partial charge in [0.05, 0.1) is 0 Å². The zero-order chi connectivity index (χ0) is 40.0. The molecule has 9 heteroatoms. The fourth-order valence-corrected chi connectivity index (χ4v) is 10.5. The molecule has 1 N–H and O–H groups in total. The average Bonchev–Trinajstić information content (AvgIpc) is 3.09. The van der Waals surface area contributed by atoms with E-state index in [0.29, 0.717) is 18.1 Å². The van der Waals surface area contributed by atoms with Gasteiger partial charge in [0.2, 0.25) is 0 Å². The number of rotatable bonds is 16. The number of benzene rings is 4. The number of hydrogen-bond acceptors (Lipinski definition) is 1. The number of nitrogens with one attached hydrogen (secondary N) is 1. The van der Waals surface area contributed by atoms with Crippen molar-refractivity contribution in [2.45, 2.75) is 138 Å². The summed E-state index contributed by atoms with van der Waals surface area (Å²) in [6, 6.07) is 44.8. The van der Waals surface area contributed by atoms with Crippen molar-refractivity contribution in [2.75, 3.05) is 0 Å². The van der Waals surface area contributed by atoms with E-state index >= 15 is 0 Å². The maximum absolute atomic E-state index is 4.93. The standard InChI is InChI=1S/2C19H25N2P.C8H18N2.2CH3.Hf/c2*1-15(2)20-19(21-16(3)4)22(17-11-7-5-8-12-17)18-13-9-6-10-14-18;1-6(2)9-8(5)10-7(3)4;;;/h5-16H,1-4H3,(H,20,21);5-16,19H,1-4H3;6-8H,1-5H3;2*1H3;/q;2*-2;2*-1;. The Hall–Kier alpha value is -2.08. The molecule has 6 nitrogen and oxygen atoms in total. The van der Waals surface area contributed by atoms with Crippen molar-refractivity contribution in [3.8, 4) is 0 Å². The molecule has 0 spiro atoms. The summed E-state index contributed by atoms with van der Waals surface area (Å²) in [5, 5.41) is 27.5. The molecule has 4 rings (SSSR count). The third-order valence-electron chi connectivity index (χ3n) is 7.23. The second-order valence-corrected chi connectivity index (χ2v) is 19.2. The van der Waals surface area contributed by atoms with Gasteiger partial charge in [-0.3, -0.25) is 4.99 Å². The van der Waals surface area contributed by atoms with E-state index in [2.05, 4.69) is 220 Å². The van der Waals surface area contributed by atoms with Gasteiger partial charge in [-0.15, -0.1) is 31.1 Å². The predicted molar refractivity (Wildman–Crippen MR) is 259 cm³/mol. The van der Waals surface area contributed by atoms with Gasteiger partial charge in [-0.1, -0.05) is 185 Å². The van der Waals surface area contributed by atoms with E-state index in [0.717, 1.165) is 5.58 Å². The first-order valence-corrected chi connectivity index (χ1v) is 22.4. The van der Waals surface area contributed by atoms with Crippen molar-refractivity contribution in [1.82, 2.24) is 5.32 Å². The fraction of sp³-hybridized carbons (Fsp3) is 0.438. The van der Waals surface area contributed by atoms with Crippen LogP contribution in [0.3, 0.4) is 0 Å². The Balaban J connectivity index is 0. The summed E-state index contributed by atoms with van der Waals surface area (Å²) < 4.78 is 0. The number of nitrogens with zero attached hydrogens (tertiary/aromatic N) is 5. The van der Waals surface area contributed by atoms with E-state index in [9.17, 15) is 0 Å². The maximum atomic E-state index is 4.93. The molecule has 0 atom stereocenters. The Morgan fingerprint density at radius 3 is 1.02 bits per heavy atom. The third kappa shape index (κ3) is 23.9. The molecule has 0 saturated heterocycles. The Labute approximate surface area is 372 Å². The summed E-state index contributed by atoms with van der Waals surface area (Å²) in [6.07, 6.45) is 0.167.